The van der Waals surface area contributed by atoms with Crippen LogP contribution in [-0.2, 0) is 11.3 Å². The Hall–Kier alpha value is -2.10. The van der Waals surface area contributed by atoms with E-state index in [2.05, 4.69) is 4.57 Å². The maximum Gasteiger partial charge on any atom is 0.226 e. The monoisotopic (exact) mass is 298 g/mol. The minimum absolute atomic E-state index is 0.164. The van der Waals surface area contributed by atoms with E-state index in [0.29, 0.717) is 6.54 Å². The molecule has 1 unspecified atom stereocenters. The first kappa shape index (κ1) is 13.6. The molecule has 22 heavy (non-hydrogen) atoms. The molecule has 0 N–H and O–H groups in total. The van der Waals surface area contributed by atoms with Gasteiger partial charge in [-0.25, -0.2) is 4.39 Å². The molecule has 1 atom stereocenters. The highest BCUT2D eigenvalue weighted by atomic mass is 19.1. The molecule has 1 amide bonds. The van der Waals surface area contributed by atoms with Crippen molar-refractivity contribution in [1.82, 2.24) is 9.47 Å². The average Bonchev–Trinajstić information content (AvgIpc) is 2.92. The molecule has 0 radical (unpaired) electrons. The van der Waals surface area contributed by atoms with E-state index >= 15 is 0 Å². The lowest BCUT2D eigenvalue weighted by Crippen LogP contribution is -2.46. The summed E-state index contributed by atoms with van der Waals surface area (Å²) in [5.41, 5.74) is 1.93. The lowest BCUT2D eigenvalue weighted by atomic mass is 9.83. The zero-order valence-electron chi connectivity index (χ0n) is 12.4. The first-order chi connectivity index (χ1) is 10.7. The molecule has 0 spiro atoms. The fourth-order valence-electron chi connectivity index (χ4n) is 3.54. The van der Waals surface area contributed by atoms with Crippen molar-refractivity contribution >= 4 is 5.91 Å². The highest BCUT2D eigenvalue weighted by Gasteiger charge is 2.37. The summed E-state index contributed by atoms with van der Waals surface area (Å²) in [6, 6.07) is 10.5. The highest BCUT2D eigenvalue weighted by molar-refractivity contribution is 5.80. The number of fused-ring (bicyclic) bond motifs is 1. The number of carbonyl (C=O) groups is 1. The second kappa shape index (κ2) is 5.27. The Bertz CT molecular complexity index is 705. The van der Waals surface area contributed by atoms with Gasteiger partial charge in [-0.3, -0.25) is 4.79 Å². The summed E-state index contributed by atoms with van der Waals surface area (Å²) in [4.78, 5) is 14.8. The fraction of sp³-hybridized carbons (Fsp3) is 0.389. The molecule has 1 saturated carbocycles. The van der Waals surface area contributed by atoms with Gasteiger partial charge >= 0.3 is 0 Å². The molecular weight excluding hydrogens is 279 g/mol. The summed E-state index contributed by atoms with van der Waals surface area (Å²) in [6.07, 6.45) is 5.16. The van der Waals surface area contributed by atoms with Crippen LogP contribution in [0.5, 0.6) is 0 Å². The van der Waals surface area contributed by atoms with E-state index in [4.69, 9.17) is 0 Å². The number of rotatable bonds is 2. The first-order valence-corrected chi connectivity index (χ1v) is 7.95. The van der Waals surface area contributed by atoms with Gasteiger partial charge in [-0.15, -0.1) is 0 Å². The molecule has 4 heteroatoms. The normalized spacial score (nSPS) is 21.3. The molecule has 0 bridgehead atoms. The Balaban J connectivity index is 1.76. The summed E-state index contributed by atoms with van der Waals surface area (Å²) in [7, 11) is 0. The maximum absolute atomic E-state index is 13.7. The third-order valence-corrected chi connectivity index (χ3v) is 4.94. The van der Waals surface area contributed by atoms with Crippen molar-refractivity contribution in [3.05, 3.63) is 59.7 Å². The van der Waals surface area contributed by atoms with Crippen molar-refractivity contribution < 1.29 is 9.18 Å². The van der Waals surface area contributed by atoms with Gasteiger partial charge in [0.05, 0.1) is 6.04 Å². The Morgan fingerprint density at radius 2 is 2.00 bits per heavy atom. The zero-order chi connectivity index (χ0) is 15.1. The third kappa shape index (κ3) is 2.14. The summed E-state index contributed by atoms with van der Waals surface area (Å²) >= 11 is 0. The molecule has 1 aromatic heterocycles. The lowest BCUT2D eigenvalue weighted by Gasteiger charge is -2.40. The van der Waals surface area contributed by atoms with Crippen LogP contribution in [0.3, 0.4) is 0 Å². The number of carbonyl (C=O) groups excluding carboxylic acids is 1. The largest absolute Gasteiger partial charge is 0.348 e. The summed E-state index contributed by atoms with van der Waals surface area (Å²) in [5, 5.41) is 0. The summed E-state index contributed by atoms with van der Waals surface area (Å²) in [6.45, 7) is 1.50. The molecule has 3 nitrogen and oxygen atoms in total. The molecule has 1 aliphatic carbocycles. The maximum atomic E-state index is 13.7. The Kier molecular flexibility index (Phi) is 3.25. The molecule has 0 saturated heterocycles. The summed E-state index contributed by atoms with van der Waals surface area (Å²) < 4.78 is 15.8. The molecule has 1 fully saturated rings. The van der Waals surface area contributed by atoms with Crippen molar-refractivity contribution in [3.8, 4) is 0 Å². The van der Waals surface area contributed by atoms with Crippen molar-refractivity contribution in [2.75, 3.05) is 6.54 Å². The van der Waals surface area contributed by atoms with Gasteiger partial charge in [0.2, 0.25) is 5.91 Å². The molecule has 1 aromatic carbocycles. The average molecular weight is 298 g/mol. The van der Waals surface area contributed by atoms with Crippen LogP contribution in [0, 0.1) is 11.7 Å². The van der Waals surface area contributed by atoms with Crippen molar-refractivity contribution in [3.63, 3.8) is 0 Å². The number of amides is 1. The van der Waals surface area contributed by atoms with Crippen LogP contribution in [0.25, 0.3) is 0 Å². The quantitative estimate of drug-likeness (QED) is 0.834. The van der Waals surface area contributed by atoms with Gasteiger partial charge in [-0.2, -0.15) is 0 Å². The lowest BCUT2D eigenvalue weighted by molar-refractivity contribution is -0.141. The Labute approximate surface area is 129 Å². The van der Waals surface area contributed by atoms with Gasteiger partial charge in [-0.05, 0) is 42.7 Å². The Morgan fingerprint density at radius 1 is 1.14 bits per heavy atom. The Morgan fingerprint density at radius 3 is 2.73 bits per heavy atom. The van der Waals surface area contributed by atoms with Gasteiger partial charge in [0.1, 0.15) is 5.82 Å². The second-order valence-corrected chi connectivity index (χ2v) is 6.24. The molecule has 1 aliphatic heterocycles. The minimum atomic E-state index is -0.253. The predicted octanol–water partition coefficient (Wildman–Crippen LogP) is 3.36. The molecule has 2 heterocycles. The molecule has 2 aliphatic rings. The minimum Gasteiger partial charge on any atom is -0.348 e. The van der Waals surface area contributed by atoms with Crippen LogP contribution >= 0.6 is 0 Å². The molecule has 4 rings (SSSR count). The SMILES string of the molecule is O=C(C1CCC1)N1CCn2cccc2C1c1cccc(F)c1. The van der Waals surface area contributed by atoms with Gasteiger partial charge in [0, 0.05) is 30.9 Å². The van der Waals surface area contributed by atoms with E-state index in [9.17, 15) is 9.18 Å². The van der Waals surface area contributed by atoms with Crippen LogP contribution in [0.2, 0.25) is 0 Å². The fourth-order valence-corrected chi connectivity index (χ4v) is 3.54. The van der Waals surface area contributed by atoms with Crippen molar-refractivity contribution in [2.45, 2.75) is 31.8 Å². The molecule has 114 valence electrons. The first-order valence-electron chi connectivity index (χ1n) is 7.95. The smallest absolute Gasteiger partial charge is 0.226 e. The summed E-state index contributed by atoms with van der Waals surface area (Å²) in [5.74, 6) is 0.141. The van der Waals surface area contributed by atoms with E-state index in [1.165, 1.54) is 6.07 Å². The zero-order valence-corrected chi connectivity index (χ0v) is 12.4. The van der Waals surface area contributed by atoms with Gasteiger partial charge in [0.15, 0.2) is 0 Å². The number of aromatic nitrogens is 1. The third-order valence-electron chi connectivity index (χ3n) is 4.94. The van der Waals surface area contributed by atoms with E-state index in [0.717, 1.165) is 37.1 Å². The highest BCUT2D eigenvalue weighted by Crippen LogP contribution is 2.37. The molecular formula is C18H19FN2O. The topological polar surface area (TPSA) is 25.2 Å². The standard InChI is InChI=1S/C18H19FN2O/c19-15-7-2-6-14(12-15)17-16-8-3-9-20(16)10-11-21(17)18(22)13-4-1-5-13/h2-3,6-9,12-13,17H,1,4-5,10-11H2. The van der Waals surface area contributed by atoms with E-state index < -0.39 is 0 Å². The number of nitrogens with zero attached hydrogens (tertiary/aromatic N) is 2. The van der Waals surface area contributed by atoms with Crippen molar-refractivity contribution in [1.29, 1.82) is 0 Å². The van der Waals surface area contributed by atoms with Crippen LogP contribution in [-0.4, -0.2) is 21.9 Å². The van der Waals surface area contributed by atoms with Crippen LogP contribution < -0.4 is 0 Å². The van der Waals surface area contributed by atoms with Crippen LogP contribution in [0.1, 0.15) is 36.6 Å². The van der Waals surface area contributed by atoms with E-state index in [-0.39, 0.29) is 23.7 Å². The number of hydrogen-bond acceptors (Lipinski definition) is 1. The number of benzene rings is 1. The number of hydrogen-bond donors (Lipinski definition) is 0. The van der Waals surface area contributed by atoms with Gasteiger partial charge in [0.25, 0.3) is 0 Å². The number of halogens is 1. The second-order valence-electron chi connectivity index (χ2n) is 6.24. The van der Waals surface area contributed by atoms with Gasteiger partial charge < -0.3 is 9.47 Å². The van der Waals surface area contributed by atoms with Gasteiger partial charge in [-0.1, -0.05) is 18.6 Å². The predicted molar refractivity (Wildman–Crippen MR) is 81.7 cm³/mol. The molecule has 2 aromatic rings. The van der Waals surface area contributed by atoms with Crippen LogP contribution in [0.15, 0.2) is 42.6 Å². The van der Waals surface area contributed by atoms with Crippen molar-refractivity contribution in [2.24, 2.45) is 5.92 Å². The van der Waals surface area contributed by atoms with Crippen LogP contribution in [0.4, 0.5) is 4.39 Å². The van der Waals surface area contributed by atoms with E-state index in [1.807, 2.05) is 29.3 Å². The van der Waals surface area contributed by atoms with E-state index in [1.54, 1.807) is 12.1 Å².